The van der Waals surface area contributed by atoms with Crippen LogP contribution in [0, 0.1) is 0 Å². The average Bonchev–Trinajstić information content (AvgIpc) is 2.55. The Morgan fingerprint density at radius 3 is 2.32 bits per heavy atom. The van der Waals surface area contributed by atoms with Crippen molar-refractivity contribution >= 4 is 0 Å². The maximum absolute atomic E-state index is 9.59. The molecule has 0 aliphatic rings. The minimum Gasteiger partial charge on any atom is -0.504 e. The first-order valence-electron chi connectivity index (χ1n) is 6.94. The Balaban J connectivity index is 2.12. The second-order valence-electron chi connectivity index (χ2n) is 4.77. The van der Waals surface area contributed by atoms with E-state index < -0.39 is 0 Å². The maximum atomic E-state index is 9.59. The van der Waals surface area contributed by atoms with E-state index in [0.29, 0.717) is 23.9 Å². The number of allylic oxidation sites excluding steroid dienone is 1. The first-order valence-corrected chi connectivity index (χ1v) is 6.94. The van der Waals surface area contributed by atoms with E-state index in [1.165, 1.54) is 7.11 Å². The van der Waals surface area contributed by atoms with Crippen molar-refractivity contribution in [2.75, 3.05) is 14.2 Å². The molecule has 0 fully saturated rings. The predicted octanol–water partition coefficient (Wildman–Crippen LogP) is 3.72. The predicted molar refractivity (Wildman–Crippen MR) is 85.9 cm³/mol. The van der Waals surface area contributed by atoms with Gasteiger partial charge in [-0.25, -0.2) is 0 Å². The van der Waals surface area contributed by atoms with Crippen molar-refractivity contribution in [1.29, 1.82) is 0 Å². The van der Waals surface area contributed by atoms with Gasteiger partial charge in [-0.2, -0.15) is 0 Å². The lowest BCUT2D eigenvalue weighted by Gasteiger charge is -2.12. The first-order chi connectivity index (χ1) is 10.7. The molecule has 0 unspecified atom stereocenters. The van der Waals surface area contributed by atoms with Gasteiger partial charge in [0.1, 0.15) is 6.61 Å². The molecule has 0 aliphatic heterocycles. The Kier molecular flexibility index (Phi) is 5.31. The van der Waals surface area contributed by atoms with Gasteiger partial charge in [0.25, 0.3) is 0 Å². The average molecular weight is 300 g/mol. The van der Waals surface area contributed by atoms with Gasteiger partial charge in [0.05, 0.1) is 14.2 Å². The van der Waals surface area contributed by atoms with Crippen molar-refractivity contribution < 1.29 is 19.3 Å². The quantitative estimate of drug-likeness (QED) is 0.792. The molecule has 116 valence electrons. The van der Waals surface area contributed by atoms with Crippen LogP contribution in [-0.2, 0) is 13.0 Å². The second-order valence-corrected chi connectivity index (χ2v) is 4.77. The van der Waals surface area contributed by atoms with Crippen LogP contribution >= 0.6 is 0 Å². The molecule has 0 atom stereocenters. The molecule has 0 bridgehead atoms. The van der Waals surface area contributed by atoms with Gasteiger partial charge in [0.2, 0.25) is 0 Å². The number of benzene rings is 2. The molecule has 0 amide bonds. The molecule has 2 aromatic rings. The summed E-state index contributed by atoms with van der Waals surface area (Å²) in [5.74, 6) is 1.89. The third-order valence-electron chi connectivity index (χ3n) is 3.25. The highest BCUT2D eigenvalue weighted by Crippen LogP contribution is 2.30. The molecular weight excluding hydrogens is 280 g/mol. The fourth-order valence-electron chi connectivity index (χ4n) is 2.10. The van der Waals surface area contributed by atoms with Gasteiger partial charge < -0.3 is 19.3 Å². The zero-order valence-electron chi connectivity index (χ0n) is 12.8. The van der Waals surface area contributed by atoms with Gasteiger partial charge in [0, 0.05) is 0 Å². The van der Waals surface area contributed by atoms with Crippen molar-refractivity contribution in [3.63, 3.8) is 0 Å². The van der Waals surface area contributed by atoms with E-state index >= 15 is 0 Å². The van der Waals surface area contributed by atoms with Crippen molar-refractivity contribution in [2.24, 2.45) is 0 Å². The lowest BCUT2D eigenvalue weighted by atomic mass is 10.1. The van der Waals surface area contributed by atoms with Gasteiger partial charge in [-0.1, -0.05) is 18.2 Å². The van der Waals surface area contributed by atoms with Gasteiger partial charge in [0.15, 0.2) is 23.0 Å². The zero-order chi connectivity index (χ0) is 15.9. The van der Waals surface area contributed by atoms with Crippen LogP contribution < -0.4 is 14.2 Å². The van der Waals surface area contributed by atoms with Gasteiger partial charge in [-0.3, -0.25) is 0 Å². The lowest BCUT2D eigenvalue weighted by molar-refractivity contribution is 0.283. The standard InChI is InChI=1S/C18H20O4/c1-4-5-13-7-9-16(18(10-13)21-3)22-12-14-6-8-15(19)17(11-14)20-2/h4,6-11,19H,1,5,12H2,2-3H3. The fraction of sp³-hybridized carbons (Fsp3) is 0.222. The van der Waals surface area contributed by atoms with E-state index in [1.807, 2.05) is 24.3 Å². The molecule has 2 aromatic carbocycles. The van der Waals surface area contributed by atoms with Crippen molar-refractivity contribution in [3.05, 3.63) is 60.2 Å². The van der Waals surface area contributed by atoms with Crippen LogP contribution in [-0.4, -0.2) is 19.3 Å². The molecule has 22 heavy (non-hydrogen) atoms. The molecule has 0 saturated carbocycles. The Bertz CT molecular complexity index is 650. The van der Waals surface area contributed by atoms with E-state index in [-0.39, 0.29) is 5.75 Å². The highest BCUT2D eigenvalue weighted by Gasteiger charge is 2.07. The van der Waals surface area contributed by atoms with Gasteiger partial charge in [-0.15, -0.1) is 6.58 Å². The number of rotatable bonds is 7. The Morgan fingerprint density at radius 2 is 1.64 bits per heavy atom. The Hall–Kier alpha value is -2.62. The monoisotopic (exact) mass is 300 g/mol. The molecule has 4 heteroatoms. The van der Waals surface area contributed by atoms with Crippen molar-refractivity contribution in [2.45, 2.75) is 13.0 Å². The van der Waals surface area contributed by atoms with Crippen LogP contribution in [0.3, 0.4) is 0 Å². The molecule has 0 radical (unpaired) electrons. The fourth-order valence-corrected chi connectivity index (χ4v) is 2.10. The molecule has 0 saturated heterocycles. The van der Waals surface area contributed by atoms with E-state index in [0.717, 1.165) is 17.5 Å². The number of ether oxygens (including phenoxy) is 3. The summed E-state index contributed by atoms with van der Waals surface area (Å²) < 4.78 is 16.2. The normalized spacial score (nSPS) is 10.1. The number of methoxy groups -OCH3 is 2. The summed E-state index contributed by atoms with van der Waals surface area (Å²) in [5, 5.41) is 9.59. The van der Waals surface area contributed by atoms with Crippen LogP contribution in [0.2, 0.25) is 0 Å². The zero-order valence-corrected chi connectivity index (χ0v) is 12.8. The lowest BCUT2D eigenvalue weighted by Crippen LogP contribution is -1.99. The topological polar surface area (TPSA) is 47.9 Å². The summed E-state index contributed by atoms with van der Waals surface area (Å²) in [7, 11) is 3.13. The molecule has 1 N–H and O–H groups in total. The Labute approximate surface area is 130 Å². The van der Waals surface area contributed by atoms with Crippen LogP contribution in [0.5, 0.6) is 23.0 Å². The number of hydrogen-bond acceptors (Lipinski definition) is 4. The van der Waals surface area contributed by atoms with Crippen molar-refractivity contribution in [3.8, 4) is 23.0 Å². The summed E-state index contributed by atoms with van der Waals surface area (Å²) in [4.78, 5) is 0. The number of phenolic OH excluding ortho intramolecular Hbond substituents is 1. The minimum atomic E-state index is 0.109. The highest BCUT2D eigenvalue weighted by molar-refractivity contribution is 5.44. The molecular formula is C18H20O4. The maximum Gasteiger partial charge on any atom is 0.161 e. The van der Waals surface area contributed by atoms with E-state index in [9.17, 15) is 5.11 Å². The van der Waals surface area contributed by atoms with Crippen LogP contribution in [0.15, 0.2) is 49.1 Å². The van der Waals surface area contributed by atoms with Crippen molar-refractivity contribution in [1.82, 2.24) is 0 Å². The third-order valence-corrected chi connectivity index (χ3v) is 3.25. The summed E-state index contributed by atoms with van der Waals surface area (Å²) >= 11 is 0. The summed E-state index contributed by atoms with van der Waals surface area (Å²) in [5.41, 5.74) is 2.01. The minimum absolute atomic E-state index is 0.109. The first kappa shape index (κ1) is 15.8. The largest absolute Gasteiger partial charge is 0.504 e. The van der Waals surface area contributed by atoms with E-state index in [1.54, 1.807) is 25.3 Å². The van der Waals surface area contributed by atoms with Gasteiger partial charge in [-0.05, 0) is 41.8 Å². The summed E-state index contributed by atoms with van der Waals surface area (Å²) in [6, 6.07) is 10.9. The van der Waals surface area contributed by atoms with E-state index in [2.05, 4.69) is 6.58 Å². The second kappa shape index (κ2) is 7.41. The summed E-state index contributed by atoms with van der Waals surface area (Å²) in [6.07, 6.45) is 2.63. The van der Waals surface area contributed by atoms with Gasteiger partial charge >= 0.3 is 0 Å². The van der Waals surface area contributed by atoms with Crippen LogP contribution in [0.4, 0.5) is 0 Å². The smallest absolute Gasteiger partial charge is 0.161 e. The number of hydrogen-bond donors (Lipinski definition) is 1. The molecule has 4 nitrogen and oxygen atoms in total. The van der Waals surface area contributed by atoms with Crippen LogP contribution in [0.25, 0.3) is 0 Å². The molecule has 0 aromatic heterocycles. The SMILES string of the molecule is C=CCc1ccc(OCc2ccc(O)c(OC)c2)c(OC)c1. The number of aromatic hydroxyl groups is 1. The molecule has 0 spiro atoms. The third kappa shape index (κ3) is 3.73. The molecule has 0 aliphatic carbocycles. The molecule has 2 rings (SSSR count). The molecule has 0 heterocycles. The van der Waals surface area contributed by atoms with E-state index in [4.69, 9.17) is 14.2 Å². The highest BCUT2D eigenvalue weighted by atomic mass is 16.5. The van der Waals surface area contributed by atoms with Crippen LogP contribution in [0.1, 0.15) is 11.1 Å². The Morgan fingerprint density at radius 1 is 0.955 bits per heavy atom. The summed E-state index contributed by atoms with van der Waals surface area (Å²) in [6.45, 7) is 4.08. The number of phenols is 1.